The van der Waals surface area contributed by atoms with Crippen molar-refractivity contribution in [3.8, 4) is 17.2 Å². The van der Waals surface area contributed by atoms with E-state index < -0.39 is 9.84 Å². The van der Waals surface area contributed by atoms with Gasteiger partial charge < -0.3 is 24.4 Å². The van der Waals surface area contributed by atoms with Crippen LogP contribution in [0.3, 0.4) is 0 Å². The van der Waals surface area contributed by atoms with E-state index in [-0.39, 0.29) is 29.4 Å². The van der Waals surface area contributed by atoms with E-state index in [0.29, 0.717) is 42.4 Å². The number of hydrogen-bond donors (Lipinski definition) is 1. The maximum atomic E-state index is 12.8. The Kier molecular flexibility index (Phi) is 9.73. The molecule has 0 spiro atoms. The highest BCUT2D eigenvalue weighted by Crippen LogP contribution is 2.28. The third-order valence-corrected chi connectivity index (χ3v) is 5.82. The second-order valence-corrected chi connectivity index (χ2v) is 10.1. The SMILES string of the molecule is COc1cc(C(=O)N(C)CCCOc2cccc(S(C)(=O)=O)c2)ccc1OCC(=O)NC(C)C. The minimum absolute atomic E-state index is 0.0107. The van der Waals surface area contributed by atoms with Crippen LogP contribution < -0.4 is 19.5 Å². The van der Waals surface area contributed by atoms with Gasteiger partial charge in [-0.1, -0.05) is 6.07 Å². The summed E-state index contributed by atoms with van der Waals surface area (Å²) in [6.07, 6.45) is 1.69. The second kappa shape index (κ2) is 12.3. The molecule has 0 aromatic heterocycles. The number of rotatable bonds is 12. The Hall–Kier alpha value is -3.27. The van der Waals surface area contributed by atoms with Crippen molar-refractivity contribution in [2.24, 2.45) is 0 Å². The summed E-state index contributed by atoms with van der Waals surface area (Å²) in [6.45, 7) is 4.31. The van der Waals surface area contributed by atoms with E-state index in [4.69, 9.17) is 14.2 Å². The summed E-state index contributed by atoms with van der Waals surface area (Å²) in [5, 5.41) is 2.74. The van der Waals surface area contributed by atoms with Gasteiger partial charge in [-0.25, -0.2) is 8.42 Å². The van der Waals surface area contributed by atoms with Crippen LogP contribution in [0.15, 0.2) is 47.4 Å². The van der Waals surface area contributed by atoms with Gasteiger partial charge in [0.1, 0.15) is 5.75 Å². The Labute approximate surface area is 200 Å². The van der Waals surface area contributed by atoms with E-state index in [1.807, 2.05) is 13.8 Å². The predicted molar refractivity (Wildman–Crippen MR) is 128 cm³/mol. The van der Waals surface area contributed by atoms with Gasteiger partial charge in [0.25, 0.3) is 11.8 Å². The van der Waals surface area contributed by atoms with Gasteiger partial charge in [-0.15, -0.1) is 0 Å². The summed E-state index contributed by atoms with van der Waals surface area (Å²) < 4.78 is 39.8. The van der Waals surface area contributed by atoms with E-state index in [0.717, 1.165) is 6.26 Å². The van der Waals surface area contributed by atoms with Crippen LogP contribution >= 0.6 is 0 Å². The monoisotopic (exact) mass is 492 g/mol. The molecule has 2 amide bonds. The molecule has 0 heterocycles. The number of sulfone groups is 1. The Morgan fingerprint density at radius 1 is 1.06 bits per heavy atom. The molecule has 34 heavy (non-hydrogen) atoms. The first-order valence-electron chi connectivity index (χ1n) is 10.8. The summed E-state index contributed by atoms with van der Waals surface area (Å²) in [5.74, 6) is 0.721. The Morgan fingerprint density at radius 3 is 2.44 bits per heavy atom. The molecule has 1 N–H and O–H groups in total. The zero-order chi connectivity index (χ0) is 25.3. The topological polar surface area (TPSA) is 111 Å². The molecule has 0 aliphatic heterocycles. The number of carbonyl (C=O) groups is 2. The van der Waals surface area contributed by atoms with Crippen LogP contribution in [0.4, 0.5) is 0 Å². The fourth-order valence-corrected chi connectivity index (χ4v) is 3.69. The smallest absolute Gasteiger partial charge is 0.258 e. The number of methoxy groups -OCH3 is 1. The zero-order valence-corrected chi connectivity index (χ0v) is 21.0. The molecule has 0 fully saturated rings. The molecule has 2 rings (SSSR count). The first kappa shape index (κ1) is 27.0. The number of amides is 2. The predicted octanol–water partition coefficient (Wildman–Crippen LogP) is 2.54. The van der Waals surface area contributed by atoms with E-state index in [2.05, 4.69) is 5.32 Å². The molecule has 2 aromatic rings. The van der Waals surface area contributed by atoms with Gasteiger partial charge in [0.15, 0.2) is 27.9 Å². The van der Waals surface area contributed by atoms with Crippen LogP contribution in [0.1, 0.15) is 30.6 Å². The lowest BCUT2D eigenvalue weighted by Crippen LogP contribution is -2.34. The lowest BCUT2D eigenvalue weighted by molar-refractivity contribution is -0.123. The van der Waals surface area contributed by atoms with E-state index >= 15 is 0 Å². The summed E-state index contributed by atoms with van der Waals surface area (Å²) in [5.41, 5.74) is 0.417. The largest absolute Gasteiger partial charge is 0.493 e. The number of carbonyl (C=O) groups excluding carboxylic acids is 2. The number of benzene rings is 2. The first-order chi connectivity index (χ1) is 16.0. The van der Waals surface area contributed by atoms with Gasteiger partial charge in [-0.2, -0.15) is 0 Å². The van der Waals surface area contributed by atoms with Crippen molar-refractivity contribution in [1.82, 2.24) is 10.2 Å². The molecule has 186 valence electrons. The number of ether oxygens (including phenoxy) is 3. The van der Waals surface area contributed by atoms with Gasteiger partial charge in [0.2, 0.25) is 0 Å². The fourth-order valence-electron chi connectivity index (χ4n) is 3.04. The molecule has 0 unspecified atom stereocenters. The third kappa shape index (κ3) is 8.26. The molecule has 0 atom stereocenters. The van der Waals surface area contributed by atoms with Crippen molar-refractivity contribution in [2.45, 2.75) is 31.2 Å². The van der Waals surface area contributed by atoms with Gasteiger partial charge in [-0.05, 0) is 56.7 Å². The van der Waals surface area contributed by atoms with Crippen molar-refractivity contribution >= 4 is 21.7 Å². The average molecular weight is 493 g/mol. The maximum absolute atomic E-state index is 12.8. The number of nitrogens with zero attached hydrogens (tertiary/aromatic N) is 1. The van der Waals surface area contributed by atoms with Crippen LogP contribution in [0.25, 0.3) is 0 Å². The van der Waals surface area contributed by atoms with Crippen molar-refractivity contribution < 1.29 is 32.2 Å². The summed E-state index contributed by atoms with van der Waals surface area (Å²) in [6, 6.07) is 11.1. The minimum atomic E-state index is -3.31. The van der Waals surface area contributed by atoms with Crippen molar-refractivity contribution in [3.05, 3.63) is 48.0 Å². The molecule has 0 saturated heterocycles. The molecule has 0 aliphatic rings. The highest BCUT2D eigenvalue weighted by Gasteiger charge is 2.16. The molecule has 0 radical (unpaired) electrons. The van der Waals surface area contributed by atoms with Crippen molar-refractivity contribution in [1.29, 1.82) is 0 Å². The average Bonchev–Trinajstić information content (AvgIpc) is 2.79. The summed E-state index contributed by atoms with van der Waals surface area (Å²) in [4.78, 5) is 26.3. The molecule has 2 aromatic carbocycles. The van der Waals surface area contributed by atoms with Crippen LogP contribution in [0, 0.1) is 0 Å². The molecule has 0 bridgehead atoms. The van der Waals surface area contributed by atoms with Crippen molar-refractivity contribution in [3.63, 3.8) is 0 Å². The lowest BCUT2D eigenvalue weighted by Gasteiger charge is -2.18. The van der Waals surface area contributed by atoms with Crippen LogP contribution in [0.5, 0.6) is 17.2 Å². The third-order valence-electron chi connectivity index (χ3n) is 4.71. The van der Waals surface area contributed by atoms with Gasteiger partial charge in [0, 0.05) is 31.5 Å². The normalized spacial score (nSPS) is 11.1. The van der Waals surface area contributed by atoms with Gasteiger partial charge >= 0.3 is 0 Å². The first-order valence-corrected chi connectivity index (χ1v) is 12.7. The van der Waals surface area contributed by atoms with Gasteiger partial charge in [0.05, 0.1) is 18.6 Å². The highest BCUT2D eigenvalue weighted by molar-refractivity contribution is 7.90. The molecule has 0 aliphatic carbocycles. The molecular weight excluding hydrogens is 460 g/mol. The Balaban J connectivity index is 1.89. The molecular formula is C24H32N2O7S. The quantitative estimate of drug-likeness (QED) is 0.453. The Morgan fingerprint density at radius 2 is 1.79 bits per heavy atom. The van der Waals surface area contributed by atoms with Crippen LogP contribution in [-0.4, -0.2) is 71.3 Å². The number of nitrogens with one attached hydrogen (secondary N) is 1. The Bertz CT molecular complexity index is 1100. The minimum Gasteiger partial charge on any atom is -0.493 e. The maximum Gasteiger partial charge on any atom is 0.258 e. The highest BCUT2D eigenvalue weighted by atomic mass is 32.2. The summed E-state index contributed by atoms with van der Waals surface area (Å²) in [7, 11) is -0.162. The summed E-state index contributed by atoms with van der Waals surface area (Å²) >= 11 is 0. The van der Waals surface area contributed by atoms with Gasteiger partial charge in [-0.3, -0.25) is 9.59 Å². The van der Waals surface area contributed by atoms with Crippen LogP contribution in [-0.2, 0) is 14.6 Å². The molecule has 9 nitrogen and oxygen atoms in total. The lowest BCUT2D eigenvalue weighted by atomic mass is 10.1. The molecule has 0 saturated carbocycles. The molecule has 10 heteroatoms. The van der Waals surface area contributed by atoms with E-state index in [1.165, 1.54) is 19.2 Å². The standard InChI is InChI=1S/C24H32N2O7S/c1-17(2)25-23(27)16-33-21-11-10-18(14-22(21)31-4)24(28)26(3)12-7-13-32-19-8-6-9-20(15-19)34(5,29)30/h6,8-11,14-15,17H,7,12-13,16H2,1-5H3,(H,25,27). The second-order valence-electron chi connectivity index (χ2n) is 8.05. The fraction of sp³-hybridized carbons (Fsp3) is 0.417. The van der Waals surface area contributed by atoms with E-state index in [9.17, 15) is 18.0 Å². The number of hydrogen-bond acceptors (Lipinski definition) is 7. The van der Waals surface area contributed by atoms with Crippen molar-refractivity contribution in [2.75, 3.05) is 40.2 Å². The van der Waals surface area contributed by atoms with E-state index in [1.54, 1.807) is 42.3 Å². The zero-order valence-electron chi connectivity index (χ0n) is 20.2. The van der Waals surface area contributed by atoms with Crippen LogP contribution in [0.2, 0.25) is 0 Å².